The maximum Gasteiger partial charge on any atom is 0.193 e. The van der Waals surface area contributed by atoms with Gasteiger partial charge in [0.05, 0.1) is 12.6 Å². The monoisotopic (exact) mass is 395 g/mol. The van der Waals surface area contributed by atoms with E-state index in [2.05, 4.69) is 51.4 Å². The number of piperazine rings is 1. The van der Waals surface area contributed by atoms with E-state index < -0.39 is 0 Å². The van der Waals surface area contributed by atoms with E-state index in [-0.39, 0.29) is 6.10 Å². The van der Waals surface area contributed by atoms with E-state index in [1.54, 1.807) is 0 Å². The second-order valence-electron chi connectivity index (χ2n) is 7.91. The number of nitrogens with zero attached hydrogens (tertiary/aromatic N) is 3. The zero-order valence-corrected chi connectivity index (χ0v) is 17.8. The van der Waals surface area contributed by atoms with Crippen LogP contribution in [0.4, 0.5) is 5.69 Å². The molecule has 3 rings (SSSR count). The summed E-state index contributed by atoms with van der Waals surface area (Å²) in [4.78, 5) is 9.34. The molecule has 1 aliphatic rings. The van der Waals surface area contributed by atoms with Crippen LogP contribution >= 0.6 is 0 Å². The fraction of sp³-hybridized carbons (Fsp3) is 0.435. The summed E-state index contributed by atoms with van der Waals surface area (Å²) < 4.78 is 5.65. The third kappa shape index (κ3) is 7.07. The van der Waals surface area contributed by atoms with Crippen LogP contribution in [0.2, 0.25) is 0 Å². The van der Waals surface area contributed by atoms with Crippen molar-refractivity contribution >= 4 is 11.6 Å². The lowest BCUT2D eigenvalue weighted by Crippen LogP contribution is -2.43. The van der Waals surface area contributed by atoms with Gasteiger partial charge in [0.15, 0.2) is 5.96 Å². The van der Waals surface area contributed by atoms with Crippen LogP contribution in [0.5, 0.6) is 5.75 Å². The number of likely N-dealkylation sites (N-methyl/N-ethyl adjacent to an activating group) is 1. The molecule has 6 heteroatoms. The molecule has 3 N–H and O–H groups in total. The fourth-order valence-electron chi connectivity index (χ4n) is 3.27. The molecular weight excluding hydrogens is 362 g/mol. The maximum absolute atomic E-state index is 6.03. The number of aliphatic imine (C=N–C) groups is 1. The van der Waals surface area contributed by atoms with Crippen LogP contribution in [-0.2, 0) is 13.1 Å². The van der Waals surface area contributed by atoms with E-state index in [9.17, 15) is 0 Å². The Kier molecular flexibility index (Phi) is 7.49. The van der Waals surface area contributed by atoms with Gasteiger partial charge in [-0.05, 0) is 56.3 Å². The smallest absolute Gasteiger partial charge is 0.193 e. The van der Waals surface area contributed by atoms with Gasteiger partial charge in [0, 0.05) is 38.4 Å². The van der Waals surface area contributed by atoms with Gasteiger partial charge in [-0.1, -0.05) is 24.3 Å². The van der Waals surface area contributed by atoms with Gasteiger partial charge in [-0.3, -0.25) is 4.90 Å². The number of nitrogens with two attached hydrogens (primary N) is 1. The minimum Gasteiger partial charge on any atom is -0.491 e. The normalized spacial score (nSPS) is 16.2. The van der Waals surface area contributed by atoms with Gasteiger partial charge in [-0.25, -0.2) is 4.99 Å². The molecule has 156 valence electrons. The van der Waals surface area contributed by atoms with Gasteiger partial charge >= 0.3 is 0 Å². The highest BCUT2D eigenvalue weighted by atomic mass is 16.5. The Morgan fingerprint density at radius 3 is 2.24 bits per heavy atom. The number of nitrogens with one attached hydrogen (secondary N) is 1. The molecule has 0 amide bonds. The Morgan fingerprint density at radius 2 is 1.62 bits per heavy atom. The van der Waals surface area contributed by atoms with E-state index >= 15 is 0 Å². The van der Waals surface area contributed by atoms with E-state index in [4.69, 9.17) is 10.5 Å². The fourth-order valence-corrected chi connectivity index (χ4v) is 3.27. The van der Waals surface area contributed by atoms with Crippen molar-refractivity contribution in [3.8, 4) is 5.75 Å². The molecule has 0 aromatic heterocycles. The summed E-state index contributed by atoms with van der Waals surface area (Å²) in [5.41, 5.74) is 9.42. The summed E-state index contributed by atoms with van der Waals surface area (Å²) in [6, 6.07) is 16.4. The summed E-state index contributed by atoms with van der Waals surface area (Å²) in [5.74, 6) is 1.25. The number of benzene rings is 2. The van der Waals surface area contributed by atoms with Gasteiger partial charge in [0.25, 0.3) is 0 Å². The minimum atomic E-state index is 0.161. The largest absolute Gasteiger partial charge is 0.491 e. The van der Waals surface area contributed by atoms with Crippen molar-refractivity contribution in [1.82, 2.24) is 9.80 Å². The number of ether oxygens (including phenoxy) is 1. The summed E-state index contributed by atoms with van der Waals surface area (Å²) in [6.45, 7) is 10.1. The highest BCUT2D eigenvalue weighted by molar-refractivity contribution is 5.92. The Hall–Kier alpha value is -2.57. The quantitative estimate of drug-likeness (QED) is 0.557. The number of hydrogen-bond acceptors (Lipinski definition) is 4. The average Bonchev–Trinajstić information content (AvgIpc) is 2.70. The lowest BCUT2D eigenvalue weighted by atomic mass is 10.1. The molecule has 2 aromatic rings. The number of rotatable bonds is 7. The Bertz CT molecular complexity index is 778. The second kappa shape index (κ2) is 10.3. The first-order chi connectivity index (χ1) is 14.0. The predicted octanol–water partition coefficient (Wildman–Crippen LogP) is 3.15. The van der Waals surface area contributed by atoms with E-state index in [1.165, 1.54) is 5.56 Å². The highest BCUT2D eigenvalue weighted by Crippen LogP contribution is 2.17. The molecule has 0 radical (unpaired) electrons. The standard InChI is InChI=1S/C23H33N5O/c1-18(2)29-22-10-8-21(9-11-22)26-23(24)25-16-19-4-6-20(7-5-19)17-28-14-12-27(3)13-15-28/h4-11,18H,12-17H2,1-3H3,(H3,24,25,26). The first kappa shape index (κ1) is 21.1. The minimum absolute atomic E-state index is 0.161. The van der Waals surface area contributed by atoms with Gasteiger partial charge < -0.3 is 20.7 Å². The van der Waals surface area contributed by atoms with E-state index in [1.807, 2.05) is 38.1 Å². The molecule has 0 atom stereocenters. The Morgan fingerprint density at radius 1 is 1.00 bits per heavy atom. The number of hydrogen-bond donors (Lipinski definition) is 2. The number of guanidine groups is 1. The topological polar surface area (TPSA) is 66.1 Å². The molecule has 1 fully saturated rings. The van der Waals surface area contributed by atoms with Gasteiger partial charge in [0.1, 0.15) is 5.75 Å². The SMILES string of the molecule is CC(C)Oc1ccc(NC(N)=NCc2ccc(CN3CCN(C)CC3)cc2)cc1. The van der Waals surface area contributed by atoms with Crippen LogP contribution in [0.25, 0.3) is 0 Å². The summed E-state index contributed by atoms with van der Waals surface area (Å²) >= 11 is 0. The van der Waals surface area contributed by atoms with Gasteiger partial charge in [0.2, 0.25) is 0 Å². The van der Waals surface area contributed by atoms with Crippen LogP contribution < -0.4 is 15.8 Å². The van der Waals surface area contributed by atoms with E-state index in [0.29, 0.717) is 12.5 Å². The lowest BCUT2D eigenvalue weighted by Gasteiger charge is -2.32. The van der Waals surface area contributed by atoms with Crippen molar-refractivity contribution in [3.63, 3.8) is 0 Å². The molecular formula is C23H33N5O. The third-order valence-corrected chi connectivity index (χ3v) is 4.96. The first-order valence-electron chi connectivity index (χ1n) is 10.3. The second-order valence-corrected chi connectivity index (χ2v) is 7.91. The van der Waals surface area contributed by atoms with Crippen LogP contribution in [0.1, 0.15) is 25.0 Å². The molecule has 0 bridgehead atoms. The first-order valence-corrected chi connectivity index (χ1v) is 10.3. The zero-order valence-electron chi connectivity index (χ0n) is 17.8. The molecule has 2 aromatic carbocycles. The van der Waals surface area contributed by atoms with Crippen LogP contribution in [0.15, 0.2) is 53.5 Å². The Balaban J connectivity index is 1.47. The molecule has 0 aliphatic carbocycles. The van der Waals surface area contributed by atoms with Gasteiger partial charge in [-0.15, -0.1) is 0 Å². The highest BCUT2D eigenvalue weighted by Gasteiger charge is 2.13. The summed E-state index contributed by atoms with van der Waals surface area (Å²) in [5, 5.41) is 3.12. The molecule has 6 nitrogen and oxygen atoms in total. The van der Waals surface area contributed by atoms with Crippen molar-refractivity contribution < 1.29 is 4.74 Å². The van der Waals surface area contributed by atoms with Crippen LogP contribution in [-0.4, -0.2) is 55.1 Å². The van der Waals surface area contributed by atoms with Gasteiger partial charge in [-0.2, -0.15) is 0 Å². The molecule has 0 unspecified atom stereocenters. The van der Waals surface area contributed by atoms with Crippen LogP contribution in [0.3, 0.4) is 0 Å². The van der Waals surface area contributed by atoms with Crippen molar-refractivity contribution in [1.29, 1.82) is 0 Å². The molecule has 0 spiro atoms. The Labute approximate surface area is 174 Å². The zero-order chi connectivity index (χ0) is 20.6. The number of anilines is 1. The lowest BCUT2D eigenvalue weighted by molar-refractivity contribution is 0.148. The molecule has 1 heterocycles. The van der Waals surface area contributed by atoms with Crippen molar-refractivity contribution in [2.75, 3.05) is 38.5 Å². The van der Waals surface area contributed by atoms with Crippen molar-refractivity contribution in [3.05, 3.63) is 59.7 Å². The molecule has 0 saturated carbocycles. The molecule has 1 aliphatic heterocycles. The molecule has 29 heavy (non-hydrogen) atoms. The van der Waals surface area contributed by atoms with Crippen LogP contribution in [0, 0.1) is 0 Å². The van der Waals surface area contributed by atoms with E-state index in [0.717, 1.165) is 49.7 Å². The summed E-state index contributed by atoms with van der Waals surface area (Å²) in [7, 11) is 2.18. The van der Waals surface area contributed by atoms with Crippen molar-refractivity contribution in [2.24, 2.45) is 10.7 Å². The average molecular weight is 396 g/mol. The third-order valence-electron chi connectivity index (χ3n) is 4.96. The predicted molar refractivity (Wildman–Crippen MR) is 120 cm³/mol. The summed E-state index contributed by atoms with van der Waals surface area (Å²) in [6.07, 6.45) is 0.161. The van der Waals surface area contributed by atoms with Crippen molar-refractivity contribution in [2.45, 2.75) is 33.0 Å². The molecule has 1 saturated heterocycles. The maximum atomic E-state index is 6.03.